The first-order valence-corrected chi connectivity index (χ1v) is 9.72. The van der Waals surface area contributed by atoms with Gasteiger partial charge < -0.3 is 14.7 Å². The number of rotatable bonds is 7. The second-order valence-electron chi connectivity index (χ2n) is 6.91. The first kappa shape index (κ1) is 19.8. The maximum atomic E-state index is 12.6. The van der Waals surface area contributed by atoms with Crippen LogP contribution >= 0.6 is 0 Å². The van der Waals surface area contributed by atoms with Crippen LogP contribution < -0.4 is 4.90 Å². The number of aromatic nitrogens is 2. The predicted molar refractivity (Wildman–Crippen MR) is 108 cm³/mol. The normalized spacial score (nSPS) is 14.0. The number of piperazine rings is 1. The summed E-state index contributed by atoms with van der Waals surface area (Å²) in [5, 5.41) is 0. The zero-order valence-electron chi connectivity index (χ0n) is 16.3. The number of hydrogen-bond acceptors (Lipinski definition) is 5. The molecule has 2 aromatic rings. The summed E-state index contributed by atoms with van der Waals surface area (Å²) in [6.07, 6.45) is 4.61. The Hall–Kier alpha value is -2.96. The number of nitrogens with zero attached hydrogens (tertiary/aromatic N) is 5. The molecule has 0 saturated carbocycles. The molecule has 1 aromatic heterocycles. The lowest BCUT2D eigenvalue weighted by atomic mass is 10.1. The van der Waals surface area contributed by atoms with Gasteiger partial charge in [0.2, 0.25) is 17.8 Å². The summed E-state index contributed by atoms with van der Waals surface area (Å²) in [5.74, 6) is 0.813. The van der Waals surface area contributed by atoms with Gasteiger partial charge in [-0.05, 0) is 18.1 Å². The van der Waals surface area contributed by atoms with E-state index in [0.29, 0.717) is 38.5 Å². The van der Waals surface area contributed by atoms with Gasteiger partial charge in [0.15, 0.2) is 0 Å². The van der Waals surface area contributed by atoms with Crippen molar-refractivity contribution in [2.75, 3.05) is 44.2 Å². The number of hydrogen-bond donors (Lipinski definition) is 0. The van der Waals surface area contributed by atoms with Crippen LogP contribution in [0.1, 0.15) is 18.9 Å². The maximum absolute atomic E-state index is 12.6. The summed E-state index contributed by atoms with van der Waals surface area (Å²) in [5.41, 5.74) is 1.19. The van der Waals surface area contributed by atoms with Gasteiger partial charge in [-0.3, -0.25) is 9.59 Å². The van der Waals surface area contributed by atoms with E-state index >= 15 is 0 Å². The van der Waals surface area contributed by atoms with Crippen molar-refractivity contribution in [2.45, 2.75) is 19.8 Å². The van der Waals surface area contributed by atoms with Crippen molar-refractivity contribution < 1.29 is 9.59 Å². The molecule has 1 saturated heterocycles. The van der Waals surface area contributed by atoms with Crippen molar-refractivity contribution in [1.82, 2.24) is 19.8 Å². The van der Waals surface area contributed by atoms with E-state index in [1.165, 1.54) is 5.56 Å². The largest absolute Gasteiger partial charge is 0.342 e. The van der Waals surface area contributed by atoms with Gasteiger partial charge in [-0.15, -0.1) is 0 Å². The fourth-order valence-electron chi connectivity index (χ4n) is 3.33. The second kappa shape index (κ2) is 9.82. The Morgan fingerprint density at radius 2 is 1.64 bits per heavy atom. The van der Waals surface area contributed by atoms with E-state index < -0.39 is 0 Å². The summed E-state index contributed by atoms with van der Waals surface area (Å²) in [7, 11) is 0. The third kappa shape index (κ3) is 5.52. The standard InChI is InChI=1S/C21H27N5O2/c1-18(27)24(12-8-19-6-3-2-4-7-19)13-9-20(28)25-14-16-26(17-15-25)21-22-10-5-11-23-21/h2-7,10-11H,8-9,12-17H2,1H3. The Kier molecular flexibility index (Phi) is 6.94. The number of benzene rings is 1. The van der Waals surface area contributed by atoms with Gasteiger partial charge in [-0.25, -0.2) is 9.97 Å². The Bertz CT molecular complexity index is 761. The number of anilines is 1. The number of carbonyl (C=O) groups excluding carboxylic acids is 2. The van der Waals surface area contributed by atoms with Gasteiger partial charge in [0.05, 0.1) is 0 Å². The highest BCUT2D eigenvalue weighted by molar-refractivity contribution is 5.78. The molecule has 1 fully saturated rings. The van der Waals surface area contributed by atoms with Crippen LogP contribution in [-0.2, 0) is 16.0 Å². The van der Waals surface area contributed by atoms with Gasteiger partial charge in [-0.1, -0.05) is 30.3 Å². The summed E-state index contributed by atoms with van der Waals surface area (Å²) < 4.78 is 0. The highest BCUT2D eigenvalue weighted by Gasteiger charge is 2.23. The van der Waals surface area contributed by atoms with Crippen molar-refractivity contribution in [2.24, 2.45) is 0 Å². The Balaban J connectivity index is 1.44. The van der Waals surface area contributed by atoms with Gasteiger partial charge in [-0.2, -0.15) is 0 Å². The molecule has 1 aliphatic rings. The third-order valence-electron chi connectivity index (χ3n) is 5.02. The van der Waals surface area contributed by atoms with Crippen molar-refractivity contribution in [1.29, 1.82) is 0 Å². The molecule has 0 aliphatic carbocycles. The molecule has 7 nitrogen and oxygen atoms in total. The minimum Gasteiger partial charge on any atom is -0.342 e. The summed E-state index contributed by atoms with van der Waals surface area (Å²) in [6.45, 7) is 5.41. The molecular formula is C21H27N5O2. The van der Waals surface area contributed by atoms with Crippen LogP contribution in [0.5, 0.6) is 0 Å². The number of amides is 2. The Labute approximate surface area is 166 Å². The molecule has 1 aromatic carbocycles. The topological polar surface area (TPSA) is 69.6 Å². The lowest BCUT2D eigenvalue weighted by Crippen LogP contribution is -2.49. The van der Waals surface area contributed by atoms with Gasteiger partial charge in [0.1, 0.15) is 0 Å². The quantitative estimate of drug-likeness (QED) is 0.729. The van der Waals surface area contributed by atoms with Crippen LogP contribution in [0.15, 0.2) is 48.8 Å². The lowest BCUT2D eigenvalue weighted by Gasteiger charge is -2.35. The van der Waals surface area contributed by atoms with Crippen molar-refractivity contribution >= 4 is 17.8 Å². The molecule has 0 radical (unpaired) electrons. The molecule has 0 atom stereocenters. The van der Waals surface area contributed by atoms with E-state index in [1.807, 2.05) is 23.1 Å². The predicted octanol–water partition coefficient (Wildman–Crippen LogP) is 1.61. The average molecular weight is 381 g/mol. The Morgan fingerprint density at radius 3 is 2.29 bits per heavy atom. The number of carbonyl (C=O) groups is 2. The van der Waals surface area contributed by atoms with Crippen molar-refractivity contribution in [3.05, 3.63) is 54.4 Å². The van der Waals surface area contributed by atoms with Crippen LogP contribution in [0.3, 0.4) is 0 Å². The maximum Gasteiger partial charge on any atom is 0.225 e. The second-order valence-corrected chi connectivity index (χ2v) is 6.91. The van der Waals surface area contributed by atoms with Crippen molar-refractivity contribution in [3.8, 4) is 0 Å². The van der Waals surface area contributed by atoms with E-state index in [4.69, 9.17) is 0 Å². The SMILES string of the molecule is CC(=O)N(CCC(=O)N1CCN(c2ncccn2)CC1)CCc1ccccc1. The average Bonchev–Trinajstić information content (AvgIpc) is 2.75. The molecule has 0 N–H and O–H groups in total. The van der Waals surface area contributed by atoms with Gasteiger partial charge >= 0.3 is 0 Å². The van der Waals surface area contributed by atoms with E-state index in [-0.39, 0.29) is 11.8 Å². The molecule has 3 rings (SSSR count). The van der Waals surface area contributed by atoms with Crippen LogP contribution in [0.2, 0.25) is 0 Å². The van der Waals surface area contributed by atoms with E-state index in [0.717, 1.165) is 19.5 Å². The minimum atomic E-state index is 0.00905. The zero-order chi connectivity index (χ0) is 19.8. The van der Waals surface area contributed by atoms with Gasteiger partial charge in [0.25, 0.3) is 0 Å². The summed E-state index contributed by atoms with van der Waals surface area (Å²) in [4.78, 5) is 38.8. The molecule has 2 amide bonds. The van der Waals surface area contributed by atoms with Crippen molar-refractivity contribution in [3.63, 3.8) is 0 Å². The highest BCUT2D eigenvalue weighted by Crippen LogP contribution is 2.11. The lowest BCUT2D eigenvalue weighted by molar-refractivity contribution is -0.133. The molecule has 7 heteroatoms. The molecule has 28 heavy (non-hydrogen) atoms. The Morgan fingerprint density at radius 1 is 0.964 bits per heavy atom. The first-order valence-electron chi connectivity index (χ1n) is 9.72. The summed E-state index contributed by atoms with van der Waals surface area (Å²) >= 11 is 0. The minimum absolute atomic E-state index is 0.00905. The molecule has 0 spiro atoms. The fraction of sp³-hybridized carbons (Fsp3) is 0.429. The van der Waals surface area contributed by atoms with E-state index in [2.05, 4.69) is 27.0 Å². The van der Waals surface area contributed by atoms with Crippen LogP contribution in [0.4, 0.5) is 5.95 Å². The highest BCUT2D eigenvalue weighted by atomic mass is 16.2. The van der Waals surface area contributed by atoms with Crippen LogP contribution in [0, 0.1) is 0 Å². The zero-order valence-corrected chi connectivity index (χ0v) is 16.3. The molecule has 0 unspecified atom stereocenters. The molecule has 2 heterocycles. The molecular weight excluding hydrogens is 354 g/mol. The molecule has 0 bridgehead atoms. The fourth-order valence-corrected chi connectivity index (χ4v) is 3.33. The first-order chi connectivity index (χ1) is 13.6. The molecule has 148 valence electrons. The van der Waals surface area contributed by atoms with E-state index in [9.17, 15) is 9.59 Å². The molecule has 1 aliphatic heterocycles. The monoisotopic (exact) mass is 381 g/mol. The third-order valence-corrected chi connectivity index (χ3v) is 5.02. The summed E-state index contributed by atoms with van der Waals surface area (Å²) in [6, 6.07) is 11.9. The van der Waals surface area contributed by atoms with E-state index in [1.54, 1.807) is 30.3 Å². The van der Waals surface area contributed by atoms with Crippen LogP contribution in [-0.4, -0.2) is 70.9 Å². The van der Waals surface area contributed by atoms with Gasteiger partial charge in [0, 0.05) is 65.0 Å². The smallest absolute Gasteiger partial charge is 0.225 e. The van der Waals surface area contributed by atoms with Crippen LogP contribution in [0.25, 0.3) is 0 Å².